The molecule has 0 amide bonds. The SMILES string of the molecule is CC(C)CN(O)CCCCc1ccccc1.O=C(O)C(=O)O. The van der Waals surface area contributed by atoms with Crippen molar-refractivity contribution in [1.82, 2.24) is 5.06 Å². The fraction of sp³-hybridized carbons (Fsp3) is 0.500. The molecule has 1 rings (SSSR count). The van der Waals surface area contributed by atoms with Gasteiger partial charge in [0.2, 0.25) is 0 Å². The minimum absolute atomic E-state index is 0.527. The summed E-state index contributed by atoms with van der Waals surface area (Å²) >= 11 is 0. The number of hydrogen-bond donors (Lipinski definition) is 3. The topological polar surface area (TPSA) is 98.1 Å². The fourth-order valence-corrected chi connectivity index (χ4v) is 1.78. The van der Waals surface area contributed by atoms with E-state index in [1.165, 1.54) is 10.6 Å². The lowest BCUT2D eigenvalue weighted by Crippen LogP contribution is -2.25. The first-order valence-corrected chi connectivity index (χ1v) is 7.27. The maximum absolute atomic E-state index is 9.55. The van der Waals surface area contributed by atoms with E-state index in [0.717, 1.165) is 32.4 Å². The van der Waals surface area contributed by atoms with Gasteiger partial charge in [0.15, 0.2) is 0 Å². The van der Waals surface area contributed by atoms with Crippen LogP contribution in [0.3, 0.4) is 0 Å². The minimum atomic E-state index is -1.82. The van der Waals surface area contributed by atoms with E-state index < -0.39 is 11.9 Å². The van der Waals surface area contributed by atoms with Gasteiger partial charge >= 0.3 is 11.9 Å². The van der Waals surface area contributed by atoms with Crippen molar-refractivity contribution in [2.75, 3.05) is 13.1 Å². The highest BCUT2D eigenvalue weighted by Gasteiger charge is 2.04. The molecule has 124 valence electrons. The van der Waals surface area contributed by atoms with E-state index in [-0.39, 0.29) is 0 Å². The number of rotatable bonds is 7. The van der Waals surface area contributed by atoms with E-state index in [4.69, 9.17) is 19.8 Å². The van der Waals surface area contributed by atoms with E-state index in [2.05, 4.69) is 38.1 Å². The summed E-state index contributed by atoms with van der Waals surface area (Å²) in [6.07, 6.45) is 3.30. The van der Waals surface area contributed by atoms with Crippen LogP contribution in [0.25, 0.3) is 0 Å². The van der Waals surface area contributed by atoms with Crippen molar-refractivity contribution in [3.8, 4) is 0 Å². The summed E-state index contributed by atoms with van der Waals surface area (Å²) in [5.74, 6) is -3.12. The van der Waals surface area contributed by atoms with E-state index in [9.17, 15) is 5.21 Å². The summed E-state index contributed by atoms with van der Waals surface area (Å²) in [5.41, 5.74) is 1.39. The van der Waals surface area contributed by atoms with Gasteiger partial charge in [-0.15, -0.1) is 0 Å². The molecular formula is C16H25NO5. The van der Waals surface area contributed by atoms with Gasteiger partial charge in [0.05, 0.1) is 0 Å². The first-order valence-electron chi connectivity index (χ1n) is 7.27. The molecule has 0 aliphatic heterocycles. The number of aryl methyl sites for hydroxylation is 1. The molecule has 1 aromatic carbocycles. The quantitative estimate of drug-likeness (QED) is 0.406. The number of carboxylic acid groups (broad SMARTS) is 2. The highest BCUT2D eigenvalue weighted by Crippen LogP contribution is 2.05. The van der Waals surface area contributed by atoms with E-state index >= 15 is 0 Å². The third kappa shape index (κ3) is 11.9. The largest absolute Gasteiger partial charge is 0.473 e. The summed E-state index contributed by atoms with van der Waals surface area (Å²) in [6.45, 7) is 5.79. The first-order chi connectivity index (χ1) is 10.3. The maximum atomic E-state index is 9.55. The van der Waals surface area contributed by atoms with Gasteiger partial charge in [-0.3, -0.25) is 0 Å². The van der Waals surface area contributed by atoms with Gasteiger partial charge in [-0.1, -0.05) is 44.2 Å². The Morgan fingerprint density at radius 1 is 1.05 bits per heavy atom. The molecule has 6 nitrogen and oxygen atoms in total. The van der Waals surface area contributed by atoms with Gasteiger partial charge in [-0.2, -0.15) is 5.06 Å². The summed E-state index contributed by atoms with van der Waals surface area (Å²) in [4.78, 5) is 18.2. The second-order valence-corrected chi connectivity index (χ2v) is 5.36. The van der Waals surface area contributed by atoms with Crippen LogP contribution in [0.4, 0.5) is 0 Å². The standard InChI is InChI=1S/C14H23NO.C2H2O4/c1-13(2)12-15(16)11-7-6-10-14-8-4-3-5-9-14;3-1(4)2(5)6/h3-5,8-9,13,16H,6-7,10-12H2,1-2H3;(H,3,4)(H,5,6). The Hall–Kier alpha value is -1.92. The van der Waals surface area contributed by atoms with Crippen LogP contribution in [0, 0.1) is 5.92 Å². The van der Waals surface area contributed by atoms with Crippen molar-refractivity contribution in [1.29, 1.82) is 0 Å². The average Bonchev–Trinajstić information content (AvgIpc) is 2.44. The highest BCUT2D eigenvalue weighted by molar-refractivity contribution is 6.27. The molecule has 3 N–H and O–H groups in total. The van der Waals surface area contributed by atoms with Crippen molar-refractivity contribution in [3.05, 3.63) is 35.9 Å². The molecule has 6 heteroatoms. The lowest BCUT2D eigenvalue weighted by molar-refractivity contribution is -0.159. The molecule has 0 aliphatic carbocycles. The molecule has 0 saturated carbocycles. The second kappa shape index (κ2) is 11.7. The zero-order valence-corrected chi connectivity index (χ0v) is 13.1. The molecule has 0 atom stereocenters. The van der Waals surface area contributed by atoms with Gasteiger partial charge in [-0.25, -0.2) is 9.59 Å². The third-order valence-corrected chi connectivity index (χ3v) is 2.73. The first kappa shape index (κ1) is 20.1. The smallest absolute Gasteiger partial charge is 0.414 e. The van der Waals surface area contributed by atoms with Crippen molar-refractivity contribution >= 4 is 11.9 Å². The van der Waals surface area contributed by atoms with Crippen molar-refractivity contribution in [2.24, 2.45) is 5.92 Å². The molecule has 1 aromatic rings. The average molecular weight is 311 g/mol. The predicted octanol–water partition coefficient (Wildman–Crippen LogP) is 2.51. The molecule has 22 heavy (non-hydrogen) atoms. The van der Waals surface area contributed by atoms with Crippen LogP contribution in [0.5, 0.6) is 0 Å². The number of nitrogens with zero attached hydrogens (tertiary/aromatic N) is 1. The van der Waals surface area contributed by atoms with Gasteiger partial charge in [-0.05, 0) is 30.7 Å². The number of carbonyl (C=O) groups is 2. The van der Waals surface area contributed by atoms with E-state index in [0.29, 0.717) is 5.92 Å². The Labute approximate surface area is 131 Å². The second-order valence-electron chi connectivity index (χ2n) is 5.36. The van der Waals surface area contributed by atoms with Gasteiger partial charge in [0.25, 0.3) is 0 Å². The number of hydrogen-bond acceptors (Lipinski definition) is 4. The number of unbranched alkanes of at least 4 members (excludes halogenated alkanes) is 1. The maximum Gasteiger partial charge on any atom is 0.414 e. The van der Waals surface area contributed by atoms with Crippen LogP contribution in [-0.2, 0) is 16.0 Å². The number of benzene rings is 1. The predicted molar refractivity (Wildman–Crippen MR) is 82.8 cm³/mol. The number of hydroxylamine groups is 2. The minimum Gasteiger partial charge on any atom is -0.473 e. The molecule has 0 radical (unpaired) electrons. The summed E-state index contributed by atoms with van der Waals surface area (Å²) < 4.78 is 0. The van der Waals surface area contributed by atoms with E-state index in [1.807, 2.05) is 6.07 Å². The lowest BCUT2D eigenvalue weighted by atomic mass is 10.1. The van der Waals surface area contributed by atoms with Crippen LogP contribution >= 0.6 is 0 Å². The van der Waals surface area contributed by atoms with Gasteiger partial charge < -0.3 is 15.4 Å². The van der Waals surface area contributed by atoms with Gasteiger partial charge in [0.1, 0.15) is 0 Å². The van der Waals surface area contributed by atoms with Crippen LogP contribution < -0.4 is 0 Å². The molecule has 0 bridgehead atoms. The van der Waals surface area contributed by atoms with Crippen molar-refractivity contribution in [2.45, 2.75) is 33.1 Å². The monoisotopic (exact) mass is 311 g/mol. The highest BCUT2D eigenvalue weighted by atomic mass is 16.5. The Bertz CT molecular complexity index is 421. The summed E-state index contributed by atoms with van der Waals surface area (Å²) in [5, 5.41) is 25.8. The summed E-state index contributed by atoms with van der Waals surface area (Å²) in [6, 6.07) is 10.5. The van der Waals surface area contributed by atoms with Crippen LogP contribution in [0.15, 0.2) is 30.3 Å². The van der Waals surface area contributed by atoms with E-state index in [1.54, 1.807) is 0 Å². The zero-order valence-electron chi connectivity index (χ0n) is 13.1. The Morgan fingerprint density at radius 3 is 2.05 bits per heavy atom. The molecule has 0 aromatic heterocycles. The molecular weight excluding hydrogens is 286 g/mol. The fourth-order valence-electron chi connectivity index (χ4n) is 1.78. The summed E-state index contributed by atoms with van der Waals surface area (Å²) in [7, 11) is 0. The van der Waals surface area contributed by atoms with Crippen molar-refractivity contribution in [3.63, 3.8) is 0 Å². The number of carboxylic acids is 2. The Kier molecular flexibility index (Phi) is 10.7. The Balaban J connectivity index is 0.000000626. The van der Waals surface area contributed by atoms with Crippen LogP contribution in [0.2, 0.25) is 0 Å². The number of aliphatic carboxylic acids is 2. The van der Waals surface area contributed by atoms with Crippen LogP contribution in [-0.4, -0.2) is 45.5 Å². The third-order valence-electron chi connectivity index (χ3n) is 2.73. The molecule has 0 fully saturated rings. The molecule has 0 heterocycles. The van der Waals surface area contributed by atoms with Gasteiger partial charge in [0, 0.05) is 13.1 Å². The Morgan fingerprint density at radius 2 is 1.59 bits per heavy atom. The van der Waals surface area contributed by atoms with Crippen LogP contribution in [0.1, 0.15) is 32.3 Å². The normalized spacial score (nSPS) is 10.2. The zero-order chi connectivity index (χ0) is 17.0. The van der Waals surface area contributed by atoms with Crippen molar-refractivity contribution < 1.29 is 25.0 Å². The molecule has 0 aliphatic rings. The molecule has 0 saturated heterocycles. The molecule has 0 spiro atoms. The molecule has 0 unspecified atom stereocenters. The lowest BCUT2D eigenvalue weighted by Gasteiger charge is -2.16.